The van der Waals surface area contributed by atoms with Crippen LogP contribution < -0.4 is 0 Å². The molecule has 0 fully saturated rings. The van der Waals surface area contributed by atoms with E-state index in [1.54, 1.807) is 0 Å². The number of hydrogen-bond acceptors (Lipinski definition) is 2. The molecule has 0 amide bonds. The van der Waals surface area contributed by atoms with Crippen molar-refractivity contribution in [3.05, 3.63) is 29.8 Å². The molecule has 1 aromatic carbocycles. The van der Waals surface area contributed by atoms with Crippen molar-refractivity contribution in [2.24, 2.45) is 5.92 Å². The number of Topliss-reactive ketones (excluding diaryl/α,β-unsaturated/α-hetero) is 1. The van der Waals surface area contributed by atoms with E-state index in [1.165, 1.54) is 10.5 Å². The SMILES string of the molecule is CCC(=O)C(C)CC1CSc2ccccc21. The molecule has 2 heteroatoms. The maximum atomic E-state index is 11.6. The lowest BCUT2D eigenvalue weighted by atomic mass is 9.88. The summed E-state index contributed by atoms with van der Waals surface area (Å²) in [5.41, 5.74) is 1.45. The van der Waals surface area contributed by atoms with E-state index in [-0.39, 0.29) is 5.92 Å². The van der Waals surface area contributed by atoms with Crippen molar-refractivity contribution < 1.29 is 4.79 Å². The summed E-state index contributed by atoms with van der Waals surface area (Å²) in [6.07, 6.45) is 1.68. The van der Waals surface area contributed by atoms with E-state index in [4.69, 9.17) is 0 Å². The molecule has 1 nitrogen and oxygen atoms in total. The van der Waals surface area contributed by atoms with Gasteiger partial charge in [-0.2, -0.15) is 0 Å². The lowest BCUT2D eigenvalue weighted by molar-refractivity contribution is -0.122. The highest BCUT2D eigenvalue weighted by atomic mass is 32.2. The second-order valence-corrected chi connectivity index (χ2v) is 5.56. The predicted molar refractivity (Wildman–Crippen MR) is 69.0 cm³/mol. The Kier molecular flexibility index (Phi) is 3.70. The number of ketones is 1. The Labute approximate surface area is 102 Å². The molecular weight excluding hydrogens is 216 g/mol. The van der Waals surface area contributed by atoms with Crippen LogP contribution >= 0.6 is 11.8 Å². The highest BCUT2D eigenvalue weighted by Gasteiger charge is 2.25. The smallest absolute Gasteiger partial charge is 0.135 e. The molecule has 0 aromatic heterocycles. The molecule has 2 atom stereocenters. The fraction of sp³-hybridized carbons (Fsp3) is 0.500. The van der Waals surface area contributed by atoms with E-state index in [1.807, 2.05) is 18.7 Å². The summed E-state index contributed by atoms with van der Waals surface area (Å²) in [5, 5.41) is 0. The Morgan fingerprint density at radius 1 is 1.50 bits per heavy atom. The molecule has 0 spiro atoms. The zero-order valence-corrected chi connectivity index (χ0v) is 10.7. The van der Waals surface area contributed by atoms with Crippen LogP contribution in [-0.2, 0) is 4.79 Å². The van der Waals surface area contributed by atoms with Gasteiger partial charge in [-0.3, -0.25) is 4.79 Å². The number of hydrogen-bond donors (Lipinski definition) is 0. The Balaban J connectivity index is 2.06. The summed E-state index contributed by atoms with van der Waals surface area (Å²) < 4.78 is 0. The molecule has 1 aliphatic heterocycles. The summed E-state index contributed by atoms with van der Waals surface area (Å²) in [7, 11) is 0. The fourth-order valence-corrected chi connectivity index (χ4v) is 3.60. The minimum atomic E-state index is 0.210. The average Bonchev–Trinajstić information content (AvgIpc) is 2.72. The van der Waals surface area contributed by atoms with Gasteiger partial charge in [-0.25, -0.2) is 0 Å². The number of carbonyl (C=O) groups is 1. The van der Waals surface area contributed by atoms with Crippen molar-refractivity contribution in [2.45, 2.75) is 37.5 Å². The van der Waals surface area contributed by atoms with Crippen LogP contribution in [0, 0.1) is 5.92 Å². The van der Waals surface area contributed by atoms with E-state index in [0.717, 1.165) is 12.2 Å². The molecule has 0 bridgehead atoms. The monoisotopic (exact) mass is 234 g/mol. The minimum absolute atomic E-state index is 0.210. The Morgan fingerprint density at radius 3 is 3.00 bits per heavy atom. The third kappa shape index (κ3) is 2.32. The Bertz CT molecular complexity index is 386. The Hall–Kier alpha value is -0.760. The van der Waals surface area contributed by atoms with E-state index in [2.05, 4.69) is 31.2 Å². The van der Waals surface area contributed by atoms with Gasteiger partial charge in [-0.05, 0) is 24.0 Å². The van der Waals surface area contributed by atoms with Crippen molar-refractivity contribution >= 4 is 17.5 Å². The zero-order chi connectivity index (χ0) is 11.5. The molecule has 1 heterocycles. The maximum absolute atomic E-state index is 11.6. The Morgan fingerprint density at radius 2 is 2.25 bits per heavy atom. The highest BCUT2D eigenvalue weighted by molar-refractivity contribution is 7.99. The van der Waals surface area contributed by atoms with Crippen LogP contribution in [0.1, 0.15) is 38.2 Å². The van der Waals surface area contributed by atoms with Gasteiger partial charge in [-0.1, -0.05) is 32.0 Å². The topological polar surface area (TPSA) is 17.1 Å². The maximum Gasteiger partial charge on any atom is 0.135 e. The van der Waals surface area contributed by atoms with Crippen molar-refractivity contribution in [1.29, 1.82) is 0 Å². The van der Waals surface area contributed by atoms with Gasteiger partial charge in [0.05, 0.1) is 0 Å². The van der Waals surface area contributed by atoms with E-state index in [9.17, 15) is 4.79 Å². The van der Waals surface area contributed by atoms with Crippen molar-refractivity contribution in [3.8, 4) is 0 Å². The lowest BCUT2D eigenvalue weighted by Gasteiger charge is -2.15. The van der Waals surface area contributed by atoms with Gasteiger partial charge in [-0.15, -0.1) is 11.8 Å². The fourth-order valence-electron chi connectivity index (χ4n) is 2.33. The molecule has 0 radical (unpaired) electrons. The summed E-state index contributed by atoms with van der Waals surface area (Å²) in [6, 6.07) is 8.59. The van der Waals surface area contributed by atoms with Gasteiger partial charge in [0.2, 0.25) is 0 Å². The van der Waals surface area contributed by atoms with Crippen LogP contribution in [0.3, 0.4) is 0 Å². The molecule has 16 heavy (non-hydrogen) atoms. The van der Waals surface area contributed by atoms with Crippen molar-refractivity contribution in [3.63, 3.8) is 0 Å². The summed E-state index contributed by atoms with van der Waals surface area (Å²) in [4.78, 5) is 13.0. The first kappa shape index (κ1) is 11.7. The van der Waals surface area contributed by atoms with E-state index >= 15 is 0 Å². The molecule has 86 valence electrons. The number of benzene rings is 1. The number of rotatable bonds is 4. The average molecular weight is 234 g/mol. The molecule has 1 aliphatic rings. The van der Waals surface area contributed by atoms with Crippen LogP contribution in [0.4, 0.5) is 0 Å². The van der Waals surface area contributed by atoms with Gasteiger partial charge in [0.1, 0.15) is 5.78 Å². The highest BCUT2D eigenvalue weighted by Crippen LogP contribution is 2.42. The molecule has 2 unspecified atom stereocenters. The van der Waals surface area contributed by atoms with Gasteiger partial charge < -0.3 is 0 Å². The summed E-state index contributed by atoms with van der Waals surface area (Å²) >= 11 is 1.93. The van der Waals surface area contributed by atoms with Crippen molar-refractivity contribution in [2.75, 3.05) is 5.75 Å². The number of fused-ring (bicyclic) bond motifs is 1. The van der Waals surface area contributed by atoms with Gasteiger partial charge >= 0.3 is 0 Å². The normalized spacial score (nSPS) is 20.5. The quantitative estimate of drug-likeness (QED) is 0.786. The van der Waals surface area contributed by atoms with E-state index in [0.29, 0.717) is 18.1 Å². The van der Waals surface area contributed by atoms with Crippen molar-refractivity contribution in [1.82, 2.24) is 0 Å². The summed E-state index contributed by atoms with van der Waals surface area (Å²) in [5.74, 6) is 2.32. The molecule has 2 rings (SSSR count). The zero-order valence-electron chi connectivity index (χ0n) is 9.90. The lowest BCUT2D eigenvalue weighted by Crippen LogP contribution is -2.13. The predicted octanol–water partition coefficient (Wildman–Crippen LogP) is 3.88. The van der Waals surface area contributed by atoms with Crippen LogP contribution in [-0.4, -0.2) is 11.5 Å². The first-order chi connectivity index (χ1) is 7.72. The molecule has 0 saturated heterocycles. The van der Waals surface area contributed by atoms with Crippen LogP contribution in [0.5, 0.6) is 0 Å². The third-order valence-electron chi connectivity index (χ3n) is 3.34. The molecule has 0 aliphatic carbocycles. The molecule has 1 aromatic rings. The number of carbonyl (C=O) groups excluding carboxylic acids is 1. The molecule has 0 N–H and O–H groups in total. The largest absolute Gasteiger partial charge is 0.299 e. The molecule has 0 saturated carbocycles. The van der Waals surface area contributed by atoms with Crippen LogP contribution in [0.25, 0.3) is 0 Å². The van der Waals surface area contributed by atoms with Crippen LogP contribution in [0.2, 0.25) is 0 Å². The second-order valence-electron chi connectivity index (χ2n) is 4.50. The summed E-state index contributed by atoms with van der Waals surface area (Å²) in [6.45, 7) is 4.02. The van der Waals surface area contributed by atoms with Gasteiger partial charge in [0.25, 0.3) is 0 Å². The third-order valence-corrected chi connectivity index (χ3v) is 4.59. The first-order valence-electron chi connectivity index (χ1n) is 5.96. The van der Waals surface area contributed by atoms with E-state index < -0.39 is 0 Å². The standard InChI is InChI=1S/C14H18OS/c1-3-13(15)10(2)8-11-9-16-14-7-5-4-6-12(11)14/h4-7,10-11H,3,8-9H2,1-2H3. The number of thioether (sulfide) groups is 1. The van der Waals surface area contributed by atoms with Crippen LogP contribution in [0.15, 0.2) is 29.2 Å². The van der Waals surface area contributed by atoms with Gasteiger partial charge in [0, 0.05) is 23.0 Å². The molecular formula is C14H18OS. The first-order valence-corrected chi connectivity index (χ1v) is 6.95. The minimum Gasteiger partial charge on any atom is -0.299 e. The van der Waals surface area contributed by atoms with Gasteiger partial charge in [0.15, 0.2) is 0 Å². The second kappa shape index (κ2) is 5.05.